The van der Waals surface area contributed by atoms with Crippen LogP contribution in [-0.4, -0.2) is 32.4 Å². The van der Waals surface area contributed by atoms with Crippen molar-refractivity contribution in [1.82, 2.24) is 20.2 Å². The van der Waals surface area contributed by atoms with E-state index in [1.54, 1.807) is 7.05 Å². The summed E-state index contributed by atoms with van der Waals surface area (Å²) in [5, 5.41) is 11.6. The molecule has 1 aromatic heterocycles. The third-order valence-electron chi connectivity index (χ3n) is 2.42. The van der Waals surface area contributed by atoms with Crippen molar-refractivity contribution in [3.05, 3.63) is 5.82 Å². The molecule has 2 N–H and O–H groups in total. The number of rotatable bonds is 3. The number of nitrogens with zero attached hydrogens (tertiary/aromatic N) is 4. The molecule has 0 radical (unpaired) electrons. The van der Waals surface area contributed by atoms with Gasteiger partial charge in [0.1, 0.15) is 6.61 Å². The van der Waals surface area contributed by atoms with E-state index < -0.39 is 0 Å². The predicted octanol–water partition coefficient (Wildman–Crippen LogP) is -0.393. The maximum absolute atomic E-state index is 5.77. The lowest BCUT2D eigenvalue weighted by Crippen LogP contribution is -2.17. The molecular weight excluding hydrogens is 182 g/mol. The van der Waals surface area contributed by atoms with Crippen LogP contribution in [0.15, 0.2) is 0 Å². The van der Waals surface area contributed by atoms with E-state index in [-0.39, 0.29) is 6.10 Å². The summed E-state index contributed by atoms with van der Waals surface area (Å²) in [6.45, 7) is 0.436. The normalized spacial score (nSPS) is 27.0. The monoisotopic (exact) mass is 197 g/mol. The van der Waals surface area contributed by atoms with Crippen LogP contribution in [0.4, 0.5) is 0 Å². The zero-order chi connectivity index (χ0) is 9.97. The maximum Gasteiger partial charge on any atom is 0.200 e. The van der Waals surface area contributed by atoms with Crippen molar-refractivity contribution in [2.24, 2.45) is 12.8 Å². The third-order valence-corrected chi connectivity index (χ3v) is 2.42. The number of ether oxygens (including phenoxy) is 1. The summed E-state index contributed by atoms with van der Waals surface area (Å²) in [7, 11) is 1.74. The van der Waals surface area contributed by atoms with Crippen LogP contribution in [0.5, 0.6) is 0 Å². The second kappa shape index (κ2) is 4.02. The zero-order valence-corrected chi connectivity index (χ0v) is 8.26. The first-order valence-electron chi connectivity index (χ1n) is 4.84. The van der Waals surface area contributed by atoms with Crippen molar-refractivity contribution >= 4 is 0 Å². The molecule has 1 aromatic rings. The van der Waals surface area contributed by atoms with E-state index in [0.29, 0.717) is 18.5 Å². The Bertz CT molecular complexity index is 300. The first kappa shape index (κ1) is 9.54. The molecule has 14 heavy (non-hydrogen) atoms. The van der Waals surface area contributed by atoms with Crippen molar-refractivity contribution < 1.29 is 4.74 Å². The van der Waals surface area contributed by atoms with Crippen molar-refractivity contribution in [2.75, 3.05) is 0 Å². The Hall–Kier alpha value is -1.01. The molecule has 2 rings (SSSR count). The first-order valence-corrected chi connectivity index (χ1v) is 4.84. The summed E-state index contributed by atoms with van der Waals surface area (Å²) < 4.78 is 5.61. The molecule has 1 aliphatic rings. The Kier molecular flexibility index (Phi) is 2.74. The van der Waals surface area contributed by atoms with E-state index in [1.807, 2.05) is 0 Å². The van der Waals surface area contributed by atoms with Gasteiger partial charge in [0.05, 0.1) is 13.2 Å². The fourth-order valence-corrected chi connectivity index (χ4v) is 1.70. The van der Waals surface area contributed by atoms with Crippen molar-refractivity contribution in [1.29, 1.82) is 0 Å². The molecule has 0 amide bonds. The molecule has 0 spiro atoms. The standard InChI is InChI=1S/C8H15N5O/c1-13-11-8(10-12-13)5-14-7-3-2-6(9)4-7/h6-7H,2-5,9H2,1H3. The molecule has 1 heterocycles. The number of hydrogen-bond acceptors (Lipinski definition) is 5. The number of hydrogen-bond donors (Lipinski definition) is 1. The average Bonchev–Trinajstić information content (AvgIpc) is 2.72. The molecule has 6 nitrogen and oxygen atoms in total. The van der Waals surface area contributed by atoms with Gasteiger partial charge >= 0.3 is 0 Å². The van der Waals surface area contributed by atoms with E-state index in [1.165, 1.54) is 4.80 Å². The molecule has 0 aromatic carbocycles. The number of aromatic nitrogens is 4. The van der Waals surface area contributed by atoms with Crippen LogP contribution in [0.1, 0.15) is 25.1 Å². The van der Waals surface area contributed by atoms with Crippen LogP contribution in [-0.2, 0) is 18.4 Å². The van der Waals surface area contributed by atoms with E-state index in [2.05, 4.69) is 15.4 Å². The zero-order valence-electron chi connectivity index (χ0n) is 8.26. The topological polar surface area (TPSA) is 78.8 Å². The molecule has 0 aliphatic heterocycles. The van der Waals surface area contributed by atoms with Crippen LogP contribution in [0.3, 0.4) is 0 Å². The second-order valence-corrected chi connectivity index (χ2v) is 3.70. The maximum atomic E-state index is 5.77. The molecule has 1 fully saturated rings. The second-order valence-electron chi connectivity index (χ2n) is 3.70. The quantitative estimate of drug-likeness (QED) is 0.713. The third kappa shape index (κ3) is 2.27. The van der Waals surface area contributed by atoms with Crippen molar-refractivity contribution in [3.8, 4) is 0 Å². The van der Waals surface area contributed by atoms with E-state index >= 15 is 0 Å². The lowest BCUT2D eigenvalue weighted by atomic mass is 10.3. The van der Waals surface area contributed by atoms with Gasteiger partial charge in [0.15, 0.2) is 5.82 Å². The van der Waals surface area contributed by atoms with Crippen LogP contribution >= 0.6 is 0 Å². The van der Waals surface area contributed by atoms with E-state index in [9.17, 15) is 0 Å². The minimum absolute atomic E-state index is 0.272. The summed E-state index contributed by atoms with van der Waals surface area (Å²) in [4.78, 5) is 1.43. The highest BCUT2D eigenvalue weighted by molar-refractivity contribution is 4.80. The van der Waals surface area contributed by atoms with Crippen molar-refractivity contribution in [3.63, 3.8) is 0 Å². The highest BCUT2D eigenvalue weighted by atomic mass is 16.5. The molecule has 1 aliphatic carbocycles. The molecule has 2 unspecified atom stereocenters. The van der Waals surface area contributed by atoms with Gasteiger partial charge in [-0.1, -0.05) is 0 Å². The molecule has 78 valence electrons. The van der Waals surface area contributed by atoms with Gasteiger partial charge in [-0.05, 0) is 24.5 Å². The number of aryl methyl sites for hydroxylation is 1. The highest BCUT2D eigenvalue weighted by Gasteiger charge is 2.22. The average molecular weight is 197 g/mol. The summed E-state index contributed by atoms with van der Waals surface area (Å²) in [5.41, 5.74) is 5.77. The van der Waals surface area contributed by atoms with Crippen LogP contribution in [0, 0.1) is 0 Å². The Morgan fingerprint density at radius 1 is 1.57 bits per heavy atom. The number of nitrogens with two attached hydrogens (primary N) is 1. The van der Waals surface area contributed by atoms with E-state index in [0.717, 1.165) is 19.3 Å². The summed E-state index contributed by atoms with van der Waals surface area (Å²) in [6.07, 6.45) is 3.31. The fraction of sp³-hybridized carbons (Fsp3) is 0.875. The molecule has 2 atom stereocenters. The van der Waals surface area contributed by atoms with Crippen LogP contribution < -0.4 is 5.73 Å². The molecule has 1 saturated carbocycles. The van der Waals surface area contributed by atoms with Crippen LogP contribution in [0.25, 0.3) is 0 Å². The van der Waals surface area contributed by atoms with Gasteiger partial charge in [0.25, 0.3) is 0 Å². The molecular formula is C8H15N5O. The van der Waals surface area contributed by atoms with Gasteiger partial charge in [-0.15, -0.1) is 10.2 Å². The molecule has 0 saturated heterocycles. The Labute approximate surface area is 82.4 Å². The van der Waals surface area contributed by atoms with Gasteiger partial charge in [-0.3, -0.25) is 0 Å². The van der Waals surface area contributed by atoms with Gasteiger partial charge in [-0.2, -0.15) is 4.80 Å². The van der Waals surface area contributed by atoms with Gasteiger partial charge < -0.3 is 10.5 Å². The largest absolute Gasteiger partial charge is 0.370 e. The lowest BCUT2D eigenvalue weighted by molar-refractivity contribution is 0.0407. The lowest BCUT2D eigenvalue weighted by Gasteiger charge is -2.08. The fourth-order valence-electron chi connectivity index (χ4n) is 1.70. The van der Waals surface area contributed by atoms with E-state index in [4.69, 9.17) is 10.5 Å². The summed E-state index contributed by atoms with van der Waals surface area (Å²) in [6, 6.07) is 0.301. The van der Waals surface area contributed by atoms with Gasteiger partial charge in [0, 0.05) is 6.04 Å². The minimum atomic E-state index is 0.272. The smallest absolute Gasteiger partial charge is 0.200 e. The minimum Gasteiger partial charge on any atom is -0.370 e. The first-order chi connectivity index (χ1) is 6.74. The van der Waals surface area contributed by atoms with Gasteiger partial charge in [-0.25, -0.2) is 0 Å². The Morgan fingerprint density at radius 3 is 3.00 bits per heavy atom. The number of tetrazole rings is 1. The summed E-state index contributed by atoms with van der Waals surface area (Å²) in [5.74, 6) is 0.632. The SMILES string of the molecule is Cn1nnc(COC2CCC(N)C2)n1. The molecule has 0 bridgehead atoms. The van der Waals surface area contributed by atoms with Crippen molar-refractivity contribution in [2.45, 2.75) is 38.0 Å². The highest BCUT2D eigenvalue weighted by Crippen LogP contribution is 2.20. The van der Waals surface area contributed by atoms with Gasteiger partial charge in [0.2, 0.25) is 0 Å². The van der Waals surface area contributed by atoms with Crippen LogP contribution in [0.2, 0.25) is 0 Å². The Morgan fingerprint density at radius 2 is 2.43 bits per heavy atom. The molecule has 6 heteroatoms. The summed E-state index contributed by atoms with van der Waals surface area (Å²) >= 11 is 0. The predicted molar refractivity (Wildman–Crippen MR) is 49.2 cm³/mol. The Balaban J connectivity index is 1.77.